The lowest BCUT2D eigenvalue weighted by Gasteiger charge is -2.13. The molecule has 0 fully saturated rings. The van der Waals surface area contributed by atoms with Gasteiger partial charge in [-0.2, -0.15) is 5.26 Å². The van der Waals surface area contributed by atoms with E-state index >= 15 is 0 Å². The van der Waals surface area contributed by atoms with Crippen molar-refractivity contribution in [2.75, 3.05) is 13.2 Å². The van der Waals surface area contributed by atoms with E-state index in [1.54, 1.807) is 37.3 Å². The Hall–Kier alpha value is -3.31. The Morgan fingerprint density at radius 3 is 2.32 bits per heavy atom. The highest BCUT2D eigenvalue weighted by Crippen LogP contribution is 2.38. The third-order valence-electron chi connectivity index (χ3n) is 3.55. The van der Waals surface area contributed by atoms with E-state index in [1.807, 2.05) is 0 Å². The van der Waals surface area contributed by atoms with Crippen LogP contribution in [0.15, 0.2) is 40.9 Å². The molecule has 0 saturated heterocycles. The predicted octanol–water partition coefficient (Wildman–Crippen LogP) is 4.07. The quantitative estimate of drug-likeness (QED) is 0.464. The molecule has 0 amide bonds. The number of carboxylic acids is 2. The normalized spacial score (nSPS) is 10.8. The predicted molar refractivity (Wildman–Crippen MR) is 105 cm³/mol. The van der Waals surface area contributed by atoms with Gasteiger partial charge in [-0.05, 0) is 64.3 Å². The molecule has 0 aliphatic carbocycles. The molecule has 8 heteroatoms. The Labute approximate surface area is 169 Å². The highest BCUT2D eigenvalue weighted by atomic mass is 79.9. The first-order valence-electron chi connectivity index (χ1n) is 8.12. The first-order chi connectivity index (χ1) is 13.3. The Balaban J connectivity index is 2.43. The van der Waals surface area contributed by atoms with Crippen molar-refractivity contribution in [1.82, 2.24) is 0 Å². The van der Waals surface area contributed by atoms with E-state index in [0.717, 1.165) is 0 Å². The van der Waals surface area contributed by atoms with Gasteiger partial charge in [-0.1, -0.05) is 12.1 Å². The van der Waals surface area contributed by atoms with Crippen LogP contribution in [-0.2, 0) is 4.79 Å². The van der Waals surface area contributed by atoms with Crippen LogP contribution in [0.25, 0.3) is 11.6 Å². The summed E-state index contributed by atoms with van der Waals surface area (Å²) >= 11 is 3.34. The first kappa shape index (κ1) is 21.0. The number of ether oxygens (including phenoxy) is 2. The van der Waals surface area contributed by atoms with Gasteiger partial charge in [-0.25, -0.2) is 9.59 Å². The monoisotopic (exact) mass is 445 g/mol. The van der Waals surface area contributed by atoms with Crippen LogP contribution in [-0.4, -0.2) is 35.4 Å². The molecule has 0 radical (unpaired) electrons. The number of benzene rings is 2. The molecule has 2 aromatic carbocycles. The molecule has 0 spiro atoms. The molecule has 0 saturated carbocycles. The number of aromatic carboxylic acids is 1. The zero-order valence-corrected chi connectivity index (χ0v) is 16.4. The molecule has 144 valence electrons. The summed E-state index contributed by atoms with van der Waals surface area (Å²) in [4.78, 5) is 21.7. The summed E-state index contributed by atoms with van der Waals surface area (Å²) in [5, 5.41) is 27.3. The molecular weight excluding hydrogens is 430 g/mol. The lowest BCUT2D eigenvalue weighted by atomic mass is 10.0. The van der Waals surface area contributed by atoms with E-state index in [0.29, 0.717) is 33.5 Å². The summed E-state index contributed by atoms with van der Waals surface area (Å²) < 4.78 is 11.3. The lowest BCUT2D eigenvalue weighted by molar-refractivity contribution is -0.139. The average molecular weight is 446 g/mol. The molecule has 2 rings (SSSR count). The maximum absolute atomic E-state index is 11.0. The largest absolute Gasteiger partial charge is 0.490 e. The SMILES string of the molecule is CCOc1cc(C=C(C#N)c2ccc(C(=O)O)cc2)cc(Br)c1OCC(=O)O. The lowest BCUT2D eigenvalue weighted by Crippen LogP contribution is -2.10. The van der Waals surface area contributed by atoms with Gasteiger partial charge in [0, 0.05) is 0 Å². The van der Waals surface area contributed by atoms with E-state index in [-0.39, 0.29) is 11.3 Å². The minimum Gasteiger partial charge on any atom is -0.490 e. The molecule has 2 N–H and O–H groups in total. The van der Waals surface area contributed by atoms with Crippen molar-refractivity contribution in [3.8, 4) is 17.6 Å². The third-order valence-corrected chi connectivity index (χ3v) is 4.14. The molecule has 0 aliphatic rings. The van der Waals surface area contributed by atoms with Gasteiger partial charge >= 0.3 is 11.9 Å². The molecule has 0 aromatic heterocycles. The van der Waals surface area contributed by atoms with Gasteiger partial charge in [0.25, 0.3) is 0 Å². The van der Waals surface area contributed by atoms with Crippen LogP contribution in [0.3, 0.4) is 0 Å². The van der Waals surface area contributed by atoms with Crippen LogP contribution in [0, 0.1) is 11.3 Å². The van der Waals surface area contributed by atoms with E-state index in [2.05, 4.69) is 22.0 Å². The summed E-state index contributed by atoms with van der Waals surface area (Å²) in [5.74, 6) is -1.57. The van der Waals surface area contributed by atoms with E-state index in [9.17, 15) is 14.9 Å². The molecule has 28 heavy (non-hydrogen) atoms. The fourth-order valence-corrected chi connectivity index (χ4v) is 2.92. The number of nitriles is 1. The Kier molecular flexibility index (Phi) is 7.18. The number of hydrogen-bond donors (Lipinski definition) is 2. The van der Waals surface area contributed by atoms with E-state index < -0.39 is 18.5 Å². The highest BCUT2D eigenvalue weighted by molar-refractivity contribution is 9.10. The standard InChI is InChI=1S/C20H16BrNO6/c1-2-27-17-9-12(8-16(21)19(17)28-11-18(23)24)7-15(10-22)13-3-5-14(6-4-13)20(25)26/h3-9H,2,11H2,1H3,(H,23,24)(H,25,26). The summed E-state index contributed by atoms with van der Waals surface area (Å²) in [6.45, 7) is 1.60. The zero-order chi connectivity index (χ0) is 20.7. The summed E-state index contributed by atoms with van der Waals surface area (Å²) in [6.07, 6.45) is 1.62. The van der Waals surface area contributed by atoms with Gasteiger partial charge in [0.05, 0.1) is 28.3 Å². The van der Waals surface area contributed by atoms with Crippen molar-refractivity contribution < 1.29 is 29.3 Å². The van der Waals surface area contributed by atoms with Crippen LogP contribution in [0.1, 0.15) is 28.4 Å². The number of aliphatic carboxylic acids is 1. The number of halogens is 1. The van der Waals surface area contributed by atoms with E-state index in [4.69, 9.17) is 19.7 Å². The van der Waals surface area contributed by atoms with Crippen LogP contribution in [0.4, 0.5) is 0 Å². The Morgan fingerprint density at radius 2 is 1.79 bits per heavy atom. The average Bonchev–Trinajstić information content (AvgIpc) is 2.65. The molecule has 0 heterocycles. The molecule has 7 nitrogen and oxygen atoms in total. The van der Waals surface area contributed by atoms with Gasteiger partial charge in [0.2, 0.25) is 0 Å². The maximum Gasteiger partial charge on any atom is 0.341 e. The number of carboxylic acid groups (broad SMARTS) is 2. The van der Waals surface area contributed by atoms with Crippen molar-refractivity contribution in [1.29, 1.82) is 5.26 Å². The topological polar surface area (TPSA) is 117 Å². The van der Waals surface area contributed by atoms with Gasteiger partial charge in [-0.3, -0.25) is 0 Å². The number of carbonyl (C=O) groups is 2. The smallest absolute Gasteiger partial charge is 0.341 e. The number of hydrogen-bond acceptors (Lipinski definition) is 5. The van der Waals surface area contributed by atoms with Crippen molar-refractivity contribution in [2.45, 2.75) is 6.92 Å². The molecule has 0 bridgehead atoms. The van der Waals surface area contributed by atoms with E-state index in [1.165, 1.54) is 12.1 Å². The van der Waals surface area contributed by atoms with Gasteiger partial charge in [0.15, 0.2) is 18.1 Å². The van der Waals surface area contributed by atoms with Crippen LogP contribution < -0.4 is 9.47 Å². The van der Waals surface area contributed by atoms with Gasteiger partial charge in [0.1, 0.15) is 0 Å². The number of rotatable bonds is 8. The fourth-order valence-electron chi connectivity index (χ4n) is 2.35. The summed E-state index contributed by atoms with van der Waals surface area (Å²) in [6, 6.07) is 11.4. The maximum atomic E-state index is 11.0. The second kappa shape index (κ2) is 9.58. The van der Waals surface area contributed by atoms with Crippen LogP contribution in [0.2, 0.25) is 0 Å². The van der Waals surface area contributed by atoms with Crippen molar-refractivity contribution in [2.24, 2.45) is 0 Å². The molecule has 0 aliphatic heterocycles. The fraction of sp³-hybridized carbons (Fsp3) is 0.150. The summed E-state index contributed by atoms with van der Waals surface area (Å²) in [5.41, 5.74) is 1.64. The molecule has 2 aromatic rings. The minimum absolute atomic E-state index is 0.127. The zero-order valence-electron chi connectivity index (χ0n) is 14.8. The number of allylic oxidation sites excluding steroid dienone is 1. The van der Waals surface area contributed by atoms with Gasteiger partial charge in [-0.15, -0.1) is 0 Å². The van der Waals surface area contributed by atoms with Crippen molar-refractivity contribution in [3.63, 3.8) is 0 Å². The summed E-state index contributed by atoms with van der Waals surface area (Å²) in [7, 11) is 0. The number of nitrogens with zero attached hydrogens (tertiary/aromatic N) is 1. The highest BCUT2D eigenvalue weighted by Gasteiger charge is 2.14. The molecule has 0 atom stereocenters. The second-order valence-electron chi connectivity index (χ2n) is 5.50. The van der Waals surface area contributed by atoms with Crippen LogP contribution in [0.5, 0.6) is 11.5 Å². The second-order valence-corrected chi connectivity index (χ2v) is 6.35. The Morgan fingerprint density at radius 1 is 1.14 bits per heavy atom. The van der Waals surface area contributed by atoms with Crippen molar-refractivity contribution >= 4 is 39.5 Å². The minimum atomic E-state index is -1.12. The van der Waals surface area contributed by atoms with Crippen molar-refractivity contribution in [3.05, 3.63) is 57.6 Å². The third kappa shape index (κ3) is 5.34. The Bertz CT molecular complexity index is 960. The first-order valence-corrected chi connectivity index (χ1v) is 8.91. The van der Waals surface area contributed by atoms with Crippen LogP contribution >= 0.6 is 15.9 Å². The van der Waals surface area contributed by atoms with Gasteiger partial charge < -0.3 is 19.7 Å². The molecule has 0 unspecified atom stereocenters. The molecular formula is C20H16BrNO6.